The normalized spacial score (nSPS) is 18.7. The Balaban J connectivity index is 2.71. The van der Waals surface area contributed by atoms with E-state index < -0.39 is 0 Å². The Labute approximate surface area is 63.6 Å². The molecule has 0 bridgehead atoms. The standard InChI is InChI=1S/C10H16/c1-4-8(2)9(3)10-6-5-7-10/h4H,5-7H2,1-3H3. The number of hydrogen-bond acceptors (Lipinski definition) is 0. The van der Waals surface area contributed by atoms with Crippen molar-refractivity contribution in [3.05, 3.63) is 22.8 Å². The second-order valence-corrected chi connectivity index (χ2v) is 3.05. The molecule has 0 heterocycles. The van der Waals surface area contributed by atoms with Gasteiger partial charge in [-0.1, -0.05) is 17.2 Å². The molecule has 1 saturated carbocycles. The molecule has 0 aliphatic heterocycles. The van der Waals surface area contributed by atoms with Gasteiger partial charge in [0.15, 0.2) is 0 Å². The molecule has 0 saturated heterocycles. The van der Waals surface area contributed by atoms with Crippen molar-refractivity contribution >= 4 is 0 Å². The van der Waals surface area contributed by atoms with Gasteiger partial charge in [-0.05, 0) is 45.6 Å². The number of rotatable bonds is 1. The fraction of sp³-hybridized carbons (Fsp3) is 0.600. The monoisotopic (exact) mass is 136 g/mol. The third kappa shape index (κ3) is 1.31. The quantitative estimate of drug-likeness (QED) is 0.518. The predicted molar refractivity (Wildman–Crippen MR) is 46.0 cm³/mol. The van der Waals surface area contributed by atoms with Crippen LogP contribution in [0, 0.1) is 0 Å². The fourth-order valence-corrected chi connectivity index (χ4v) is 1.22. The van der Waals surface area contributed by atoms with Crippen LogP contribution < -0.4 is 0 Å². The van der Waals surface area contributed by atoms with Crippen molar-refractivity contribution in [2.75, 3.05) is 0 Å². The van der Waals surface area contributed by atoms with Gasteiger partial charge in [0.2, 0.25) is 0 Å². The summed E-state index contributed by atoms with van der Waals surface area (Å²) in [6.45, 7) is 6.54. The maximum atomic E-state index is 2.24. The summed E-state index contributed by atoms with van der Waals surface area (Å²) in [5, 5.41) is 0. The second-order valence-electron chi connectivity index (χ2n) is 3.05. The van der Waals surface area contributed by atoms with E-state index in [4.69, 9.17) is 0 Å². The van der Waals surface area contributed by atoms with Gasteiger partial charge >= 0.3 is 0 Å². The highest BCUT2D eigenvalue weighted by Crippen LogP contribution is 2.31. The molecule has 0 aromatic rings. The van der Waals surface area contributed by atoms with Gasteiger partial charge in [0.25, 0.3) is 0 Å². The average molecular weight is 136 g/mol. The summed E-state index contributed by atoms with van der Waals surface area (Å²) in [5.41, 5.74) is 4.67. The van der Waals surface area contributed by atoms with Crippen molar-refractivity contribution < 1.29 is 0 Å². The topological polar surface area (TPSA) is 0 Å². The van der Waals surface area contributed by atoms with Gasteiger partial charge in [-0.15, -0.1) is 0 Å². The van der Waals surface area contributed by atoms with Gasteiger partial charge in [0.05, 0.1) is 0 Å². The molecule has 0 atom stereocenters. The first-order chi connectivity index (χ1) is 4.75. The van der Waals surface area contributed by atoms with E-state index in [0.717, 1.165) is 0 Å². The maximum Gasteiger partial charge on any atom is -0.0311 e. The van der Waals surface area contributed by atoms with Crippen LogP contribution in [0.25, 0.3) is 0 Å². The molecule has 0 heteroatoms. The first-order valence-corrected chi connectivity index (χ1v) is 4.07. The van der Waals surface area contributed by atoms with Gasteiger partial charge < -0.3 is 0 Å². The Morgan fingerprint density at radius 2 is 1.90 bits per heavy atom. The van der Waals surface area contributed by atoms with Gasteiger partial charge in [-0.25, -0.2) is 0 Å². The molecular weight excluding hydrogens is 120 g/mol. The van der Waals surface area contributed by atoms with E-state index in [0.29, 0.717) is 0 Å². The second kappa shape index (κ2) is 3.05. The molecule has 1 aliphatic rings. The van der Waals surface area contributed by atoms with Crippen molar-refractivity contribution in [2.45, 2.75) is 40.0 Å². The molecule has 0 amide bonds. The predicted octanol–water partition coefficient (Wildman–Crippen LogP) is 3.45. The van der Waals surface area contributed by atoms with Crippen LogP contribution in [0.4, 0.5) is 0 Å². The summed E-state index contributed by atoms with van der Waals surface area (Å²) in [7, 11) is 0. The Morgan fingerprint density at radius 3 is 2.20 bits per heavy atom. The third-order valence-electron chi connectivity index (χ3n) is 2.51. The van der Waals surface area contributed by atoms with Crippen LogP contribution in [0.5, 0.6) is 0 Å². The molecule has 1 fully saturated rings. The first-order valence-electron chi connectivity index (χ1n) is 4.07. The lowest BCUT2D eigenvalue weighted by Gasteiger charge is -2.20. The molecule has 0 aromatic carbocycles. The van der Waals surface area contributed by atoms with Gasteiger partial charge in [0, 0.05) is 0 Å². The van der Waals surface area contributed by atoms with Gasteiger partial charge in [-0.3, -0.25) is 0 Å². The molecule has 0 nitrogen and oxygen atoms in total. The van der Waals surface area contributed by atoms with E-state index in [1.54, 1.807) is 5.57 Å². The molecule has 0 radical (unpaired) electrons. The Hall–Kier alpha value is -0.520. The summed E-state index contributed by atoms with van der Waals surface area (Å²) >= 11 is 0. The molecule has 56 valence electrons. The molecule has 0 spiro atoms. The molecule has 1 aliphatic carbocycles. The zero-order chi connectivity index (χ0) is 7.56. The van der Waals surface area contributed by atoms with Crippen molar-refractivity contribution in [3.63, 3.8) is 0 Å². The van der Waals surface area contributed by atoms with Gasteiger partial charge in [0.1, 0.15) is 0 Å². The van der Waals surface area contributed by atoms with Crippen molar-refractivity contribution in [3.8, 4) is 0 Å². The van der Waals surface area contributed by atoms with Crippen LogP contribution in [0.1, 0.15) is 40.0 Å². The lowest BCUT2D eigenvalue weighted by molar-refractivity contribution is 0.652. The maximum absolute atomic E-state index is 2.24. The highest BCUT2D eigenvalue weighted by Gasteiger charge is 2.11. The Morgan fingerprint density at radius 1 is 1.30 bits per heavy atom. The summed E-state index contributed by atoms with van der Waals surface area (Å²) in [6, 6.07) is 0. The molecule has 10 heavy (non-hydrogen) atoms. The van der Waals surface area contributed by atoms with Crippen molar-refractivity contribution in [1.82, 2.24) is 0 Å². The summed E-state index contributed by atoms with van der Waals surface area (Å²) in [5.74, 6) is 0. The summed E-state index contributed by atoms with van der Waals surface area (Å²) < 4.78 is 0. The number of allylic oxidation sites excluding steroid dienone is 4. The molecule has 0 N–H and O–H groups in total. The van der Waals surface area contributed by atoms with E-state index >= 15 is 0 Å². The first kappa shape index (κ1) is 7.59. The average Bonchev–Trinajstić information content (AvgIpc) is 1.82. The number of hydrogen-bond donors (Lipinski definition) is 0. The van der Waals surface area contributed by atoms with E-state index in [9.17, 15) is 0 Å². The molecular formula is C10H16. The zero-order valence-electron chi connectivity index (χ0n) is 7.20. The molecule has 0 unspecified atom stereocenters. The van der Waals surface area contributed by atoms with E-state index in [1.165, 1.54) is 30.4 Å². The summed E-state index contributed by atoms with van der Waals surface area (Å²) in [4.78, 5) is 0. The van der Waals surface area contributed by atoms with Crippen LogP contribution in [0.2, 0.25) is 0 Å². The minimum Gasteiger partial charge on any atom is -0.0845 e. The van der Waals surface area contributed by atoms with Crippen molar-refractivity contribution in [2.24, 2.45) is 0 Å². The highest BCUT2D eigenvalue weighted by molar-refractivity contribution is 5.33. The lowest BCUT2D eigenvalue weighted by Crippen LogP contribution is -2.00. The van der Waals surface area contributed by atoms with Crippen molar-refractivity contribution in [1.29, 1.82) is 0 Å². The Kier molecular flexibility index (Phi) is 2.31. The van der Waals surface area contributed by atoms with E-state index in [2.05, 4.69) is 26.8 Å². The van der Waals surface area contributed by atoms with Crippen LogP contribution in [0.15, 0.2) is 22.8 Å². The van der Waals surface area contributed by atoms with E-state index in [1.807, 2.05) is 0 Å². The summed E-state index contributed by atoms with van der Waals surface area (Å²) in [6.07, 6.45) is 6.29. The zero-order valence-corrected chi connectivity index (χ0v) is 7.20. The largest absolute Gasteiger partial charge is 0.0845 e. The SMILES string of the molecule is CC=C(C)C(C)=C1CCC1. The van der Waals surface area contributed by atoms with Crippen LogP contribution in [-0.2, 0) is 0 Å². The minimum atomic E-state index is 1.34. The van der Waals surface area contributed by atoms with Crippen LogP contribution >= 0.6 is 0 Å². The third-order valence-corrected chi connectivity index (χ3v) is 2.51. The highest BCUT2D eigenvalue weighted by atomic mass is 14.2. The van der Waals surface area contributed by atoms with E-state index in [-0.39, 0.29) is 0 Å². The van der Waals surface area contributed by atoms with Gasteiger partial charge in [-0.2, -0.15) is 0 Å². The lowest BCUT2D eigenvalue weighted by atomic mass is 9.86. The minimum absolute atomic E-state index is 1.34. The Bertz CT molecular complexity index is 176. The smallest absolute Gasteiger partial charge is 0.0311 e. The molecule has 1 rings (SSSR count). The fourth-order valence-electron chi connectivity index (χ4n) is 1.22. The molecule has 0 aromatic heterocycles. The van der Waals surface area contributed by atoms with Crippen LogP contribution in [0.3, 0.4) is 0 Å². The van der Waals surface area contributed by atoms with Crippen LogP contribution in [-0.4, -0.2) is 0 Å².